The Kier molecular flexibility index (Phi) is 5.12. The van der Waals surface area contributed by atoms with E-state index in [2.05, 4.69) is 12.2 Å². The van der Waals surface area contributed by atoms with Crippen LogP contribution in [0.1, 0.15) is 33.1 Å². The first-order valence-electron chi connectivity index (χ1n) is 5.69. The molecule has 2 N–H and O–H groups in total. The highest BCUT2D eigenvalue weighted by molar-refractivity contribution is 7.99. The highest BCUT2D eigenvalue weighted by Gasteiger charge is 2.28. The molecule has 0 saturated heterocycles. The average molecular weight is 245 g/mol. The lowest BCUT2D eigenvalue weighted by Gasteiger charge is -2.14. The van der Waals surface area contributed by atoms with Crippen molar-refractivity contribution in [2.75, 3.05) is 5.75 Å². The van der Waals surface area contributed by atoms with E-state index in [4.69, 9.17) is 5.11 Å². The van der Waals surface area contributed by atoms with Crippen LogP contribution in [0, 0.1) is 5.92 Å². The van der Waals surface area contributed by atoms with Gasteiger partial charge in [0.25, 0.3) is 0 Å². The van der Waals surface area contributed by atoms with Gasteiger partial charge in [0.05, 0.1) is 0 Å². The van der Waals surface area contributed by atoms with E-state index in [-0.39, 0.29) is 11.9 Å². The molecule has 1 amide bonds. The standard InChI is InChI=1S/C11H19NO3S/c1-3-16-9-5-4-8(6-9)12-10(13)7(2)11(14)15/h7-9H,3-6H2,1-2H3,(H,12,13)(H,14,15). The number of carbonyl (C=O) groups excluding carboxylic acids is 1. The summed E-state index contributed by atoms with van der Waals surface area (Å²) in [6.45, 7) is 3.55. The number of rotatable bonds is 5. The molecule has 92 valence electrons. The molecule has 4 nitrogen and oxygen atoms in total. The summed E-state index contributed by atoms with van der Waals surface area (Å²) in [4.78, 5) is 22.1. The second kappa shape index (κ2) is 6.13. The molecule has 1 aliphatic carbocycles. The third-order valence-corrected chi connectivity index (χ3v) is 4.13. The van der Waals surface area contributed by atoms with Gasteiger partial charge < -0.3 is 10.4 Å². The predicted molar refractivity (Wildman–Crippen MR) is 64.5 cm³/mol. The normalized spacial score (nSPS) is 26.4. The second-order valence-corrected chi connectivity index (χ2v) is 5.73. The van der Waals surface area contributed by atoms with Gasteiger partial charge in [0.2, 0.25) is 5.91 Å². The molecule has 16 heavy (non-hydrogen) atoms. The van der Waals surface area contributed by atoms with Crippen molar-refractivity contribution in [3.8, 4) is 0 Å². The number of thioether (sulfide) groups is 1. The summed E-state index contributed by atoms with van der Waals surface area (Å²) in [7, 11) is 0. The molecular formula is C11H19NO3S. The molecule has 1 fully saturated rings. The maximum atomic E-state index is 11.5. The summed E-state index contributed by atoms with van der Waals surface area (Å²) in [6, 6.07) is 0.165. The van der Waals surface area contributed by atoms with E-state index < -0.39 is 11.9 Å². The molecule has 3 unspecified atom stereocenters. The van der Waals surface area contributed by atoms with Gasteiger partial charge in [-0.2, -0.15) is 11.8 Å². The summed E-state index contributed by atoms with van der Waals surface area (Å²) >= 11 is 1.92. The zero-order valence-electron chi connectivity index (χ0n) is 9.73. The van der Waals surface area contributed by atoms with Gasteiger partial charge in [-0.25, -0.2) is 0 Å². The Bertz CT molecular complexity index is 270. The minimum Gasteiger partial charge on any atom is -0.481 e. The van der Waals surface area contributed by atoms with Crippen molar-refractivity contribution in [2.24, 2.45) is 5.92 Å². The summed E-state index contributed by atoms with van der Waals surface area (Å²) in [5.41, 5.74) is 0. The van der Waals surface area contributed by atoms with Crippen molar-refractivity contribution in [1.29, 1.82) is 0 Å². The average Bonchev–Trinajstić information content (AvgIpc) is 2.65. The molecule has 3 atom stereocenters. The van der Waals surface area contributed by atoms with Crippen LogP contribution in [0.25, 0.3) is 0 Å². The number of hydrogen-bond donors (Lipinski definition) is 2. The monoisotopic (exact) mass is 245 g/mol. The van der Waals surface area contributed by atoms with Crippen molar-refractivity contribution >= 4 is 23.6 Å². The molecule has 0 aromatic heterocycles. The van der Waals surface area contributed by atoms with Gasteiger partial charge in [0, 0.05) is 11.3 Å². The van der Waals surface area contributed by atoms with Crippen LogP contribution in [0.2, 0.25) is 0 Å². The Labute approximate surface area is 100 Å². The Balaban J connectivity index is 2.34. The zero-order chi connectivity index (χ0) is 12.1. The minimum absolute atomic E-state index is 0.165. The summed E-state index contributed by atoms with van der Waals surface area (Å²) < 4.78 is 0. The van der Waals surface area contributed by atoms with Gasteiger partial charge >= 0.3 is 5.97 Å². The third-order valence-electron chi connectivity index (χ3n) is 2.90. The lowest BCUT2D eigenvalue weighted by atomic mass is 10.1. The maximum Gasteiger partial charge on any atom is 0.315 e. The second-order valence-electron chi connectivity index (χ2n) is 4.16. The Morgan fingerprint density at radius 1 is 1.50 bits per heavy atom. The van der Waals surface area contributed by atoms with Gasteiger partial charge in [-0.05, 0) is 31.9 Å². The smallest absolute Gasteiger partial charge is 0.315 e. The van der Waals surface area contributed by atoms with Crippen LogP contribution < -0.4 is 5.32 Å². The largest absolute Gasteiger partial charge is 0.481 e. The Morgan fingerprint density at radius 3 is 2.75 bits per heavy atom. The van der Waals surface area contributed by atoms with Crippen molar-refractivity contribution in [3.63, 3.8) is 0 Å². The number of amides is 1. The number of carboxylic acids is 1. The predicted octanol–water partition coefficient (Wildman–Crippen LogP) is 1.50. The fourth-order valence-corrected chi connectivity index (χ4v) is 3.04. The summed E-state index contributed by atoms with van der Waals surface area (Å²) in [6.07, 6.45) is 3.05. The molecule has 0 spiro atoms. The Hall–Kier alpha value is -0.710. The molecule has 1 saturated carbocycles. The van der Waals surface area contributed by atoms with Crippen LogP contribution in [-0.2, 0) is 9.59 Å². The topological polar surface area (TPSA) is 66.4 Å². The molecule has 0 aromatic rings. The van der Waals surface area contributed by atoms with Gasteiger partial charge in [0.15, 0.2) is 0 Å². The highest BCUT2D eigenvalue weighted by atomic mass is 32.2. The first-order chi connectivity index (χ1) is 7.54. The van der Waals surface area contributed by atoms with E-state index in [0.29, 0.717) is 5.25 Å². The number of hydrogen-bond acceptors (Lipinski definition) is 3. The van der Waals surface area contributed by atoms with Crippen LogP contribution >= 0.6 is 11.8 Å². The van der Waals surface area contributed by atoms with Crippen molar-refractivity contribution < 1.29 is 14.7 Å². The number of aliphatic carboxylic acids is 1. The molecular weight excluding hydrogens is 226 g/mol. The zero-order valence-corrected chi connectivity index (χ0v) is 10.5. The van der Waals surface area contributed by atoms with E-state index in [9.17, 15) is 9.59 Å². The molecule has 0 aromatic carbocycles. The highest BCUT2D eigenvalue weighted by Crippen LogP contribution is 2.29. The molecule has 1 aliphatic rings. The number of nitrogens with one attached hydrogen (secondary N) is 1. The molecule has 0 aliphatic heterocycles. The van der Waals surface area contributed by atoms with Crippen LogP contribution in [0.3, 0.4) is 0 Å². The van der Waals surface area contributed by atoms with E-state index in [1.807, 2.05) is 11.8 Å². The van der Waals surface area contributed by atoms with Crippen molar-refractivity contribution in [1.82, 2.24) is 5.32 Å². The quantitative estimate of drug-likeness (QED) is 0.720. The maximum absolute atomic E-state index is 11.5. The molecule has 0 bridgehead atoms. The summed E-state index contributed by atoms with van der Waals surface area (Å²) in [5, 5.41) is 12.1. The number of carboxylic acid groups (broad SMARTS) is 1. The van der Waals surface area contributed by atoms with Crippen LogP contribution in [0.5, 0.6) is 0 Å². The van der Waals surface area contributed by atoms with E-state index in [1.165, 1.54) is 6.92 Å². The van der Waals surface area contributed by atoms with Gasteiger partial charge in [-0.3, -0.25) is 9.59 Å². The van der Waals surface area contributed by atoms with Crippen molar-refractivity contribution in [3.05, 3.63) is 0 Å². The van der Waals surface area contributed by atoms with E-state index >= 15 is 0 Å². The Morgan fingerprint density at radius 2 is 2.19 bits per heavy atom. The first kappa shape index (κ1) is 13.4. The fraction of sp³-hybridized carbons (Fsp3) is 0.818. The van der Waals surface area contributed by atoms with Crippen LogP contribution in [0.4, 0.5) is 0 Å². The lowest BCUT2D eigenvalue weighted by molar-refractivity contribution is -0.146. The van der Waals surface area contributed by atoms with E-state index in [1.54, 1.807) is 0 Å². The van der Waals surface area contributed by atoms with Gasteiger partial charge in [0.1, 0.15) is 5.92 Å². The molecule has 0 heterocycles. The van der Waals surface area contributed by atoms with Gasteiger partial charge in [-0.1, -0.05) is 6.92 Å². The third kappa shape index (κ3) is 3.70. The summed E-state index contributed by atoms with van der Waals surface area (Å²) in [5.74, 6) is -1.27. The van der Waals surface area contributed by atoms with E-state index in [0.717, 1.165) is 25.0 Å². The molecule has 5 heteroatoms. The van der Waals surface area contributed by atoms with Crippen LogP contribution in [-0.4, -0.2) is 34.0 Å². The molecule has 1 rings (SSSR count). The van der Waals surface area contributed by atoms with Gasteiger partial charge in [-0.15, -0.1) is 0 Å². The fourth-order valence-electron chi connectivity index (χ4n) is 1.90. The minimum atomic E-state index is -1.06. The lowest BCUT2D eigenvalue weighted by Crippen LogP contribution is -2.39. The SMILES string of the molecule is CCSC1CCC(NC(=O)C(C)C(=O)O)C1. The van der Waals surface area contributed by atoms with Crippen molar-refractivity contribution in [2.45, 2.75) is 44.4 Å². The van der Waals surface area contributed by atoms with Crippen LogP contribution in [0.15, 0.2) is 0 Å². The number of carbonyl (C=O) groups is 2. The first-order valence-corrected chi connectivity index (χ1v) is 6.74. The molecule has 0 radical (unpaired) electrons.